The lowest BCUT2D eigenvalue weighted by molar-refractivity contribution is -0.143. The molecule has 0 radical (unpaired) electrons. The van der Waals surface area contributed by atoms with Crippen molar-refractivity contribution < 1.29 is 27.9 Å². The lowest BCUT2D eigenvalue weighted by Gasteiger charge is -2.12. The van der Waals surface area contributed by atoms with Gasteiger partial charge in [-0.15, -0.1) is 0 Å². The van der Waals surface area contributed by atoms with E-state index in [0.29, 0.717) is 18.9 Å². The van der Waals surface area contributed by atoms with Crippen molar-refractivity contribution in [3.05, 3.63) is 29.6 Å². The van der Waals surface area contributed by atoms with Crippen molar-refractivity contribution in [1.82, 2.24) is 5.32 Å². The Kier molecular flexibility index (Phi) is 3.56. The van der Waals surface area contributed by atoms with E-state index in [1.165, 1.54) is 0 Å². The topological polar surface area (TPSA) is 78.4 Å². The molecule has 108 valence electrons. The summed E-state index contributed by atoms with van der Waals surface area (Å²) >= 11 is 0. The van der Waals surface area contributed by atoms with E-state index in [4.69, 9.17) is 5.11 Å². The summed E-state index contributed by atoms with van der Waals surface area (Å²) in [6.45, 7) is -0.112. The van der Waals surface area contributed by atoms with E-state index in [9.17, 15) is 22.8 Å². The van der Waals surface area contributed by atoms with Crippen molar-refractivity contribution in [1.29, 1.82) is 0 Å². The number of nitrogens with one attached hydrogen (secondary N) is 2. The second-order valence-corrected chi connectivity index (χ2v) is 4.62. The van der Waals surface area contributed by atoms with Gasteiger partial charge in [-0.05, 0) is 25.0 Å². The van der Waals surface area contributed by atoms with Crippen molar-refractivity contribution in [2.24, 2.45) is 5.41 Å². The molecule has 1 aromatic carbocycles. The molecule has 5 nitrogen and oxygen atoms in total. The largest absolute Gasteiger partial charge is 0.481 e. The molecule has 20 heavy (non-hydrogen) atoms. The minimum Gasteiger partial charge on any atom is -0.481 e. The third-order valence-corrected chi connectivity index (χ3v) is 3.18. The van der Waals surface area contributed by atoms with Crippen LogP contribution in [0.5, 0.6) is 0 Å². The molecule has 2 amide bonds. The predicted octanol–water partition coefficient (Wildman–Crippen LogP) is 2.09. The first-order valence-corrected chi connectivity index (χ1v) is 5.77. The van der Waals surface area contributed by atoms with Gasteiger partial charge in [-0.1, -0.05) is 0 Å². The molecule has 1 aliphatic rings. The van der Waals surface area contributed by atoms with Crippen LogP contribution in [-0.2, 0) is 4.79 Å². The van der Waals surface area contributed by atoms with Gasteiger partial charge in [0.15, 0.2) is 17.5 Å². The summed E-state index contributed by atoms with van der Waals surface area (Å²) in [6.07, 6.45) is 0.893. The van der Waals surface area contributed by atoms with Crippen LogP contribution in [0.25, 0.3) is 0 Å². The first-order valence-electron chi connectivity index (χ1n) is 5.77. The Morgan fingerprint density at radius 1 is 1.20 bits per heavy atom. The number of carbonyl (C=O) groups excluding carboxylic acids is 1. The fourth-order valence-corrected chi connectivity index (χ4v) is 1.66. The summed E-state index contributed by atoms with van der Waals surface area (Å²) in [5, 5.41) is 13.2. The number of aliphatic carboxylic acids is 1. The first kappa shape index (κ1) is 14.2. The fraction of sp³-hybridized carbons (Fsp3) is 0.333. The van der Waals surface area contributed by atoms with Crippen LogP contribution in [0, 0.1) is 22.9 Å². The molecular weight excluding hydrogens is 277 g/mol. The number of halogens is 3. The molecule has 1 aliphatic carbocycles. The van der Waals surface area contributed by atoms with E-state index < -0.39 is 40.6 Å². The van der Waals surface area contributed by atoms with Gasteiger partial charge in [-0.3, -0.25) is 4.79 Å². The summed E-state index contributed by atoms with van der Waals surface area (Å²) < 4.78 is 38.9. The molecule has 0 heterocycles. The minimum atomic E-state index is -1.69. The average molecular weight is 288 g/mol. The number of hydrogen-bond acceptors (Lipinski definition) is 2. The molecule has 2 rings (SSSR count). The van der Waals surface area contributed by atoms with Gasteiger partial charge in [0, 0.05) is 6.54 Å². The number of urea groups is 1. The Hall–Kier alpha value is -2.25. The van der Waals surface area contributed by atoms with E-state index in [0.717, 1.165) is 6.07 Å². The van der Waals surface area contributed by atoms with Crippen molar-refractivity contribution in [2.45, 2.75) is 12.8 Å². The van der Waals surface area contributed by atoms with Crippen LogP contribution in [0.4, 0.5) is 23.7 Å². The molecular formula is C12H11F3N2O3. The molecule has 0 aliphatic heterocycles. The highest BCUT2D eigenvalue weighted by Crippen LogP contribution is 2.45. The van der Waals surface area contributed by atoms with Crippen LogP contribution in [0.3, 0.4) is 0 Å². The second-order valence-electron chi connectivity index (χ2n) is 4.62. The van der Waals surface area contributed by atoms with Gasteiger partial charge in [0.1, 0.15) is 0 Å². The van der Waals surface area contributed by atoms with Crippen LogP contribution in [0.2, 0.25) is 0 Å². The van der Waals surface area contributed by atoms with E-state index in [-0.39, 0.29) is 6.54 Å². The van der Waals surface area contributed by atoms with Crippen molar-refractivity contribution >= 4 is 17.7 Å². The number of hydrogen-bond donors (Lipinski definition) is 3. The second kappa shape index (κ2) is 5.03. The number of carbonyl (C=O) groups is 2. The summed E-state index contributed by atoms with van der Waals surface area (Å²) in [6, 6.07) is 0.660. The molecule has 1 saturated carbocycles. The SMILES string of the molecule is O=C(NCC1(C(=O)O)CC1)Nc1ccc(F)c(F)c1F. The fourth-order valence-electron chi connectivity index (χ4n) is 1.66. The average Bonchev–Trinajstić information content (AvgIpc) is 3.18. The van der Waals surface area contributed by atoms with Crippen LogP contribution in [0.1, 0.15) is 12.8 Å². The van der Waals surface area contributed by atoms with Gasteiger partial charge < -0.3 is 15.7 Å². The highest BCUT2D eigenvalue weighted by molar-refractivity contribution is 5.90. The third kappa shape index (κ3) is 2.68. The van der Waals surface area contributed by atoms with Gasteiger partial charge in [0.05, 0.1) is 11.1 Å². The quantitative estimate of drug-likeness (QED) is 0.742. The lowest BCUT2D eigenvalue weighted by Crippen LogP contribution is -2.37. The van der Waals surface area contributed by atoms with Crippen LogP contribution in [-0.4, -0.2) is 23.7 Å². The number of carboxylic acid groups (broad SMARTS) is 1. The van der Waals surface area contributed by atoms with Gasteiger partial charge in [0.25, 0.3) is 0 Å². The Morgan fingerprint density at radius 3 is 2.40 bits per heavy atom. The zero-order valence-corrected chi connectivity index (χ0v) is 10.2. The molecule has 0 spiro atoms. The molecule has 0 unspecified atom stereocenters. The maximum absolute atomic E-state index is 13.3. The number of amides is 2. The summed E-state index contributed by atoms with van der Waals surface area (Å²) in [4.78, 5) is 22.3. The normalized spacial score (nSPS) is 15.6. The van der Waals surface area contributed by atoms with Crippen LogP contribution in [0.15, 0.2) is 12.1 Å². The summed E-state index contributed by atoms with van der Waals surface area (Å²) in [5.41, 5.74) is -1.49. The van der Waals surface area contributed by atoms with Gasteiger partial charge in [-0.25, -0.2) is 18.0 Å². The van der Waals surface area contributed by atoms with Crippen LogP contribution >= 0.6 is 0 Å². The van der Waals surface area contributed by atoms with Gasteiger partial charge >= 0.3 is 12.0 Å². The van der Waals surface area contributed by atoms with Crippen molar-refractivity contribution in [3.8, 4) is 0 Å². The monoisotopic (exact) mass is 288 g/mol. The Bertz CT molecular complexity index is 573. The molecule has 3 N–H and O–H groups in total. The van der Waals surface area contributed by atoms with E-state index in [1.54, 1.807) is 0 Å². The van der Waals surface area contributed by atoms with E-state index >= 15 is 0 Å². The highest BCUT2D eigenvalue weighted by Gasteiger charge is 2.50. The zero-order valence-electron chi connectivity index (χ0n) is 10.2. The minimum absolute atomic E-state index is 0.112. The Morgan fingerprint density at radius 2 is 1.85 bits per heavy atom. The van der Waals surface area contributed by atoms with Crippen molar-refractivity contribution in [2.75, 3.05) is 11.9 Å². The number of benzene rings is 1. The maximum atomic E-state index is 13.3. The predicted molar refractivity (Wildman–Crippen MR) is 62.6 cm³/mol. The molecule has 0 aromatic heterocycles. The molecule has 0 bridgehead atoms. The highest BCUT2D eigenvalue weighted by atomic mass is 19.2. The molecule has 1 fully saturated rings. The number of carboxylic acids is 1. The summed E-state index contributed by atoms with van der Waals surface area (Å²) in [7, 11) is 0. The smallest absolute Gasteiger partial charge is 0.319 e. The lowest BCUT2D eigenvalue weighted by atomic mass is 10.1. The van der Waals surface area contributed by atoms with Gasteiger partial charge in [-0.2, -0.15) is 0 Å². The number of anilines is 1. The summed E-state index contributed by atoms with van der Waals surface area (Å²) in [5.74, 6) is -5.58. The standard InChI is InChI=1S/C12H11F3N2O3/c13-6-1-2-7(9(15)8(6)14)17-11(20)16-5-12(3-4-12)10(18)19/h1-2H,3-5H2,(H,18,19)(H2,16,17,20). The zero-order chi connectivity index (χ0) is 14.9. The van der Waals surface area contributed by atoms with E-state index in [1.807, 2.05) is 5.32 Å². The van der Waals surface area contributed by atoms with Gasteiger partial charge in [0.2, 0.25) is 0 Å². The Labute approximate surface area is 111 Å². The molecule has 0 atom stereocenters. The van der Waals surface area contributed by atoms with Crippen molar-refractivity contribution in [3.63, 3.8) is 0 Å². The third-order valence-electron chi connectivity index (χ3n) is 3.18. The molecule has 1 aromatic rings. The maximum Gasteiger partial charge on any atom is 0.319 e. The first-order chi connectivity index (χ1) is 9.35. The van der Waals surface area contributed by atoms with Crippen LogP contribution < -0.4 is 10.6 Å². The van der Waals surface area contributed by atoms with E-state index in [2.05, 4.69) is 5.32 Å². The molecule has 0 saturated heterocycles. The Balaban J connectivity index is 1.96. The molecule has 8 heteroatoms. The number of rotatable bonds is 4.